The van der Waals surface area contributed by atoms with Gasteiger partial charge in [0, 0.05) is 35.6 Å². The summed E-state index contributed by atoms with van der Waals surface area (Å²) in [6.07, 6.45) is 1.05. The zero-order chi connectivity index (χ0) is 25.4. The van der Waals surface area contributed by atoms with Gasteiger partial charge in [0.1, 0.15) is 17.8 Å². The number of benzene rings is 2. The summed E-state index contributed by atoms with van der Waals surface area (Å²) in [5.41, 5.74) is 3.94. The van der Waals surface area contributed by atoms with Gasteiger partial charge in [-0.15, -0.1) is 0 Å². The molecule has 3 amide bonds. The van der Waals surface area contributed by atoms with Crippen molar-refractivity contribution in [3.63, 3.8) is 0 Å². The maximum Gasteiger partial charge on any atom is 0.246 e. The third kappa shape index (κ3) is 4.43. The Labute approximate surface area is 210 Å². The second-order valence-corrected chi connectivity index (χ2v) is 10.1. The highest BCUT2D eigenvalue weighted by Gasteiger charge is 2.48. The molecule has 1 saturated heterocycles. The number of aromatic nitrogens is 1. The Hall–Kier alpha value is -3.81. The minimum Gasteiger partial charge on any atom is -0.497 e. The summed E-state index contributed by atoms with van der Waals surface area (Å²) < 4.78 is 5.39. The fraction of sp³-hybridized carbons (Fsp3) is 0.393. The molecule has 0 spiro atoms. The summed E-state index contributed by atoms with van der Waals surface area (Å²) >= 11 is 0. The molecule has 8 nitrogen and oxygen atoms in total. The number of methoxy groups -OCH3 is 1. The van der Waals surface area contributed by atoms with E-state index in [9.17, 15) is 14.4 Å². The van der Waals surface area contributed by atoms with Gasteiger partial charge in [-0.05, 0) is 35.6 Å². The summed E-state index contributed by atoms with van der Waals surface area (Å²) in [7, 11) is 1.63. The topological polar surface area (TPSA) is 104 Å². The first-order valence-electron chi connectivity index (χ1n) is 12.5. The molecule has 5 rings (SSSR count). The lowest BCUT2D eigenvalue weighted by molar-refractivity contribution is -0.154. The van der Waals surface area contributed by atoms with E-state index in [0.717, 1.165) is 33.5 Å². The molecule has 2 aliphatic heterocycles. The highest BCUT2D eigenvalue weighted by Crippen LogP contribution is 2.42. The molecule has 1 fully saturated rings. The van der Waals surface area contributed by atoms with Crippen molar-refractivity contribution >= 4 is 28.6 Å². The number of piperazine rings is 1. The van der Waals surface area contributed by atoms with Crippen LogP contribution in [0.5, 0.6) is 5.75 Å². The maximum absolute atomic E-state index is 13.7. The zero-order valence-electron chi connectivity index (χ0n) is 20.8. The Morgan fingerprint density at radius 3 is 2.67 bits per heavy atom. The fourth-order valence-electron chi connectivity index (χ4n) is 5.44. The highest BCUT2D eigenvalue weighted by atomic mass is 16.5. The SMILES string of the molecule is COc1ccc2c3c([nH]c2c1)[C@H](CC(C)C)N1C(=O)[C@H](CC(=O)NCc2ccccc2)NC(=O)[C@@H]1C3. The number of carbonyl (C=O) groups excluding carboxylic acids is 3. The van der Waals surface area contributed by atoms with Crippen LogP contribution in [0.3, 0.4) is 0 Å². The van der Waals surface area contributed by atoms with Gasteiger partial charge < -0.3 is 25.3 Å². The summed E-state index contributed by atoms with van der Waals surface area (Å²) in [6.45, 7) is 4.59. The van der Waals surface area contributed by atoms with E-state index in [1.807, 2.05) is 48.5 Å². The Balaban J connectivity index is 1.41. The number of ether oxygens (including phenoxy) is 1. The number of carbonyl (C=O) groups is 3. The first kappa shape index (κ1) is 23.9. The van der Waals surface area contributed by atoms with Crippen LogP contribution in [0.25, 0.3) is 10.9 Å². The maximum atomic E-state index is 13.7. The molecular weight excluding hydrogens is 456 g/mol. The molecule has 0 radical (unpaired) electrons. The second kappa shape index (κ2) is 9.68. The molecule has 2 aliphatic rings. The average Bonchev–Trinajstić information content (AvgIpc) is 3.24. The molecule has 3 N–H and O–H groups in total. The quantitative estimate of drug-likeness (QED) is 0.475. The van der Waals surface area contributed by atoms with E-state index in [0.29, 0.717) is 25.3 Å². The summed E-state index contributed by atoms with van der Waals surface area (Å²) in [4.78, 5) is 44.9. The van der Waals surface area contributed by atoms with Crippen LogP contribution in [-0.4, -0.2) is 46.8 Å². The molecule has 8 heteroatoms. The van der Waals surface area contributed by atoms with Crippen molar-refractivity contribution in [3.8, 4) is 5.75 Å². The van der Waals surface area contributed by atoms with Gasteiger partial charge in [0.05, 0.1) is 19.6 Å². The van der Waals surface area contributed by atoms with Crippen molar-refractivity contribution in [1.82, 2.24) is 20.5 Å². The molecule has 3 aromatic rings. The lowest BCUT2D eigenvalue weighted by Gasteiger charge is -2.46. The largest absolute Gasteiger partial charge is 0.497 e. The summed E-state index contributed by atoms with van der Waals surface area (Å²) in [5, 5.41) is 6.74. The molecule has 188 valence electrons. The van der Waals surface area contributed by atoms with Crippen LogP contribution in [0.15, 0.2) is 48.5 Å². The minimum atomic E-state index is -0.884. The lowest BCUT2D eigenvalue weighted by Crippen LogP contribution is -2.66. The molecular formula is C28H32N4O4. The molecule has 2 aromatic carbocycles. The van der Waals surface area contributed by atoms with Crippen LogP contribution in [0.1, 0.15) is 49.6 Å². The Kier molecular flexibility index (Phi) is 6.43. The monoisotopic (exact) mass is 488 g/mol. The highest BCUT2D eigenvalue weighted by molar-refractivity contribution is 6.01. The number of hydrogen-bond acceptors (Lipinski definition) is 4. The first-order chi connectivity index (χ1) is 17.4. The molecule has 0 aliphatic carbocycles. The van der Waals surface area contributed by atoms with Gasteiger partial charge in [-0.25, -0.2) is 0 Å². The molecule has 3 heterocycles. The first-order valence-corrected chi connectivity index (χ1v) is 12.5. The smallest absolute Gasteiger partial charge is 0.246 e. The number of H-pyrrole nitrogens is 1. The van der Waals surface area contributed by atoms with Crippen molar-refractivity contribution < 1.29 is 19.1 Å². The number of fused-ring (bicyclic) bond motifs is 4. The van der Waals surface area contributed by atoms with Crippen molar-refractivity contribution in [2.45, 2.75) is 57.8 Å². The third-order valence-corrected chi connectivity index (χ3v) is 7.14. The lowest BCUT2D eigenvalue weighted by atomic mass is 9.85. The van der Waals surface area contributed by atoms with E-state index in [-0.39, 0.29) is 30.2 Å². The van der Waals surface area contributed by atoms with Gasteiger partial charge in [0.25, 0.3) is 0 Å². The molecule has 0 unspecified atom stereocenters. The van der Waals surface area contributed by atoms with E-state index in [1.54, 1.807) is 12.0 Å². The van der Waals surface area contributed by atoms with E-state index < -0.39 is 12.1 Å². The van der Waals surface area contributed by atoms with Gasteiger partial charge in [-0.2, -0.15) is 0 Å². The van der Waals surface area contributed by atoms with Crippen molar-refractivity contribution in [3.05, 3.63) is 65.4 Å². The molecule has 36 heavy (non-hydrogen) atoms. The number of aromatic amines is 1. The molecule has 3 atom stereocenters. The Bertz CT molecular complexity index is 1300. The van der Waals surface area contributed by atoms with E-state index in [1.165, 1.54) is 0 Å². The van der Waals surface area contributed by atoms with Crippen molar-refractivity contribution in [1.29, 1.82) is 0 Å². The number of amides is 3. The average molecular weight is 489 g/mol. The van der Waals surface area contributed by atoms with Crippen LogP contribution in [0, 0.1) is 5.92 Å². The number of hydrogen-bond donors (Lipinski definition) is 3. The Morgan fingerprint density at radius 1 is 1.17 bits per heavy atom. The third-order valence-electron chi connectivity index (χ3n) is 7.14. The zero-order valence-corrected chi connectivity index (χ0v) is 20.8. The van der Waals surface area contributed by atoms with Gasteiger partial charge in [-0.3, -0.25) is 14.4 Å². The Morgan fingerprint density at radius 2 is 1.94 bits per heavy atom. The van der Waals surface area contributed by atoms with Crippen LogP contribution in [0.4, 0.5) is 0 Å². The van der Waals surface area contributed by atoms with E-state index in [2.05, 4.69) is 29.5 Å². The van der Waals surface area contributed by atoms with Gasteiger partial charge in [-0.1, -0.05) is 44.2 Å². The van der Waals surface area contributed by atoms with E-state index >= 15 is 0 Å². The predicted molar refractivity (Wildman–Crippen MR) is 136 cm³/mol. The number of nitrogens with zero attached hydrogens (tertiary/aromatic N) is 1. The molecule has 0 bridgehead atoms. The van der Waals surface area contributed by atoms with E-state index in [4.69, 9.17) is 4.74 Å². The van der Waals surface area contributed by atoms with Gasteiger partial charge in [0.2, 0.25) is 17.7 Å². The van der Waals surface area contributed by atoms with Crippen LogP contribution in [-0.2, 0) is 27.3 Å². The number of rotatable bonds is 7. The number of nitrogens with one attached hydrogen (secondary N) is 3. The van der Waals surface area contributed by atoms with Crippen LogP contribution in [0.2, 0.25) is 0 Å². The normalized spacial score (nSPS) is 21.2. The van der Waals surface area contributed by atoms with Gasteiger partial charge >= 0.3 is 0 Å². The van der Waals surface area contributed by atoms with Crippen molar-refractivity contribution in [2.75, 3.05) is 7.11 Å². The molecule has 0 saturated carbocycles. The van der Waals surface area contributed by atoms with Gasteiger partial charge in [0.15, 0.2) is 0 Å². The minimum absolute atomic E-state index is 0.0915. The van der Waals surface area contributed by atoms with Crippen LogP contribution < -0.4 is 15.4 Å². The predicted octanol–water partition coefficient (Wildman–Crippen LogP) is 3.22. The van der Waals surface area contributed by atoms with Crippen LogP contribution >= 0.6 is 0 Å². The second-order valence-electron chi connectivity index (χ2n) is 10.1. The summed E-state index contributed by atoms with van der Waals surface area (Å²) in [6, 6.07) is 13.7. The summed E-state index contributed by atoms with van der Waals surface area (Å²) in [5.74, 6) is 0.356. The van der Waals surface area contributed by atoms with Crippen molar-refractivity contribution in [2.24, 2.45) is 5.92 Å². The molecule has 1 aromatic heterocycles. The standard InChI is InChI=1S/C28H32N4O4/c1-16(2)11-23-26-20(19-10-9-18(36-3)12-21(19)30-26)13-24-27(34)31-22(28(35)32(23)24)14-25(33)29-15-17-7-5-4-6-8-17/h4-10,12,16,22-24,30H,11,13-15H2,1-3H3,(H,29,33)(H,31,34)/t22-,23-,24-/m0/s1. The fourth-order valence-corrected chi connectivity index (χ4v) is 5.44.